The van der Waals surface area contributed by atoms with Crippen LogP contribution in [0.2, 0.25) is 0 Å². The molecule has 1 saturated heterocycles. The molecule has 1 aromatic rings. The largest absolute Gasteiger partial charge is 0.300 e. The first-order valence-electron chi connectivity index (χ1n) is 10.2. The van der Waals surface area contributed by atoms with Crippen LogP contribution in [0.1, 0.15) is 43.7 Å². The van der Waals surface area contributed by atoms with Gasteiger partial charge in [0.2, 0.25) is 6.19 Å². The number of benzene rings is 1. The van der Waals surface area contributed by atoms with Crippen LogP contribution in [-0.2, 0) is 12.8 Å². The van der Waals surface area contributed by atoms with Crippen LogP contribution in [0.25, 0.3) is 0 Å². The van der Waals surface area contributed by atoms with Crippen molar-refractivity contribution in [1.82, 2.24) is 4.90 Å². The van der Waals surface area contributed by atoms with Gasteiger partial charge in [-0.15, -0.1) is 0 Å². The van der Waals surface area contributed by atoms with Gasteiger partial charge in [-0.2, -0.15) is 10.3 Å². The number of fused-ring (bicyclic) bond motifs is 1. The fourth-order valence-corrected chi connectivity index (χ4v) is 5.32. The van der Waals surface area contributed by atoms with E-state index in [1.54, 1.807) is 11.1 Å². The Kier molecular flexibility index (Phi) is 5.22. The van der Waals surface area contributed by atoms with Crippen LogP contribution in [0, 0.1) is 29.2 Å². The van der Waals surface area contributed by atoms with E-state index in [0.717, 1.165) is 18.6 Å². The Labute approximate surface area is 157 Å². The minimum Gasteiger partial charge on any atom is -0.300 e. The standard InChI is InChI=1S/C23H29N3/c1-2-17-8-5-9-22(23(17)25-16-24)18-10-12-26(13-11-18)21-14-19-6-3-4-7-20(19)15-21/h3-7,9,17-18,21-22H,2,8,10-15H2,1H3. The molecule has 1 heterocycles. The molecular weight excluding hydrogens is 318 g/mol. The zero-order valence-electron chi connectivity index (χ0n) is 15.8. The van der Waals surface area contributed by atoms with Crippen LogP contribution in [0.5, 0.6) is 0 Å². The van der Waals surface area contributed by atoms with E-state index in [0.29, 0.717) is 23.8 Å². The molecule has 2 unspecified atom stereocenters. The number of piperidine rings is 1. The number of rotatable bonds is 3. The summed E-state index contributed by atoms with van der Waals surface area (Å²) in [5, 5.41) is 9.15. The molecule has 0 bridgehead atoms. The molecule has 0 amide bonds. The average molecular weight is 348 g/mol. The molecule has 1 aliphatic heterocycles. The van der Waals surface area contributed by atoms with Gasteiger partial charge in [0.15, 0.2) is 0 Å². The third kappa shape index (κ3) is 3.35. The van der Waals surface area contributed by atoms with Crippen LogP contribution in [0.15, 0.2) is 41.4 Å². The number of likely N-dealkylation sites (tertiary alicyclic amines) is 1. The van der Waals surface area contributed by atoms with E-state index in [4.69, 9.17) is 5.26 Å². The van der Waals surface area contributed by atoms with Crippen molar-refractivity contribution in [3.8, 4) is 6.19 Å². The second-order valence-electron chi connectivity index (χ2n) is 8.14. The maximum absolute atomic E-state index is 9.15. The highest BCUT2D eigenvalue weighted by Gasteiger charge is 2.35. The highest BCUT2D eigenvalue weighted by Crippen LogP contribution is 2.36. The summed E-state index contributed by atoms with van der Waals surface area (Å²) in [6.07, 6.45) is 13.8. The second kappa shape index (κ2) is 7.76. The zero-order valence-corrected chi connectivity index (χ0v) is 15.8. The van der Waals surface area contributed by atoms with Gasteiger partial charge in [-0.05, 0) is 68.7 Å². The maximum Gasteiger partial charge on any atom is 0.205 e. The fraction of sp³-hybridized carbons (Fsp3) is 0.565. The average Bonchev–Trinajstić information content (AvgIpc) is 3.13. The second-order valence-corrected chi connectivity index (χ2v) is 8.14. The van der Waals surface area contributed by atoms with E-state index < -0.39 is 0 Å². The van der Waals surface area contributed by atoms with Gasteiger partial charge in [-0.25, -0.2) is 0 Å². The Hall–Kier alpha value is -1.92. The lowest BCUT2D eigenvalue weighted by molar-refractivity contribution is 0.128. The lowest BCUT2D eigenvalue weighted by Gasteiger charge is -2.40. The molecule has 0 aromatic heterocycles. The van der Waals surface area contributed by atoms with E-state index >= 15 is 0 Å². The van der Waals surface area contributed by atoms with Gasteiger partial charge in [0, 0.05) is 23.6 Å². The van der Waals surface area contributed by atoms with Gasteiger partial charge < -0.3 is 0 Å². The number of hydrogen-bond donors (Lipinski definition) is 0. The topological polar surface area (TPSA) is 39.4 Å². The molecule has 2 aliphatic carbocycles. The molecule has 0 radical (unpaired) electrons. The van der Waals surface area contributed by atoms with Crippen molar-refractivity contribution in [2.24, 2.45) is 22.7 Å². The molecule has 2 atom stereocenters. The monoisotopic (exact) mass is 347 g/mol. The first-order chi connectivity index (χ1) is 12.8. The number of nitriles is 1. The summed E-state index contributed by atoms with van der Waals surface area (Å²) in [6.45, 7) is 4.59. The van der Waals surface area contributed by atoms with Crippen LogP contribution in [0.4, 0.5) is 0 Å². The predicted molar refractivity (Wildman–Crippen MR) is 106 cm³/mol. The Bertz CT molecular complexity index is 709. The van der Waals surface area contributed by atoms with Gasteiger partial charge in [0.25, 0.3) is 0 Å². The summed E-state index contributed by atoms with van der Waals surface area (Å²) >= 11 is 0. The summed E-state index contributed by atoms with van der Waals surface area (Å²) in [7, 11) is 0. The SMILES string of the molecule is CCC1CC=CC(C2CCN(C3Cc4ccccc4C3)CC2)C1=NC#N. The van der Waals surface area contributed by atoms with Gasteiger partial charge in [-0.3, -0.25) is 4.90 Å². The Balaban J connectivity index is 1.39. The highest BCUT2D eigenvalue weighted by molar-refractivity contribution is 5.92. The lowest BCUT2D eigenvalue weighted by atomic mass is 9.73. The summed E-state index contributed by atoms with van der Waals surface area (Å²) in [5.41, 5.74) is 4.25. The molecule has 136 valence electrons. The number of allylic oxidation sites excluding steroid dienone is 2. The first-order valence-corrected chi connectivity index (χ1v) is 10.2. The molecule has 0 N–H and O–H groups in total. The van der Waals surface area contributed by atoms with E-state index in [9.17, 15) is 0 Å². The molecule has 1 aromatic carbocycles. The van der Waals surface area contributed by atoms with Crippen molar-refractivity contribution in [2.45, 2.75) is 51.5 Å². The van der Waals surface area contributed by atoms with Crippen molar-refractivity contribution in [1.29, 1.82) is 5.26 Å². The first kappa shape index (κ1) is 17.5. The smallest absolute Gasteiger partial charge is 0.205 e. The molecule has 0 spiro atoms. The summed E-state index contributed by atoms with van der Waals surface area (Å²) in [5.74, 6) is 1.50. The van der Waals surface area contributed by atoms with Crippen LogP contribution in [0.3, 0.4) is 0 Å². The van der Waals surface area contributed by atoms with E-state index in [2.05, 4.69) is 59.4 Å². The highest BCUT2D eigenvalue weighted by atomic mass is 15.2. The van der Waals surface area contributed by atoms with Gasteiger partial charge in [0.05, 0.1) is 0 Å². The molecule has 3 aliphatic rings. The van der Waals surface area contributed by atoms with Crippen molar-refractivity contribution < 1.29 is 0 Å². The minimum atomic E-state index is 0.385. The molecule has 1 fully saturated rings. The van der Waals surface area contributed by atoms with E-state index in [-0.39, 0.29) is 0 Å². The van der Waals surface area contributed by atoms with Crippen LogP contribution < -0.4 is 0 Å². The van der Waals surface area contributed by atoms with Crippen molar-refractivity contribution >= 4 is 5.71 Å². The molecule has 0 saturated carbocycles. The van der Waals surface area contributed by atoms with Crippen molar-refractivity contribution in [2.75, 3.05) is 13.1 Å². The third-order valence-electron chi connectivity index (χ3n) is 6.82. The Morgan fingerprint density at radius 1 is 1.15 bits per heavy atom. The third-order valence-corrected chi connectivity index (χ3v) is 6.82. The maximum atomic E-state index is 9.15. The summed E-state index contributed by atoms with van der Waals surface area (Å²) < 4.78 is 0. The molecule has 3 heteroatoms. The normalized spacial score (nSPS) is 29.0. The molecule has 26 heavy (non-hydrogen) atoms. The van der Waals surface area contributed by atoms with Gasteiger partial charge >= 0.3 is 0 Å². The minimum absolute atomic E-state index is 0.385. The summed E-state index contributed by atoms with van der Waals surface area (Å²) in [6, 6.07) is 9.62. The predicted octanol–water partition coefficient (Wildman–Crippen LogP) is 4.39. The van der Waals surface area contributed by atoms with Crippen molar-refractivity contribution in [3.05, 3.63) is 47.5 Å². The van der Waals surface area contributed by atoms with Gasteiger partial charge in [0.1, 0.15) is 0 Å². The van der Waals surface area contributed by atoms with E-state index in [1.807, 2.05) is 0 Å². The molecule has 3 nitrogen and oxygen atoms in total. The van der Waals surface area contributed by atoms with Crippen molar-refractivity contribution in [3.63, 3.8) is 0 Å². The fourth-order valence-electron chi connectivity index (χ4n) is 5.32. The van der Waals surface area contributed by atoms with Crippen LogP contribution >= 0.6 is 0 Å². The number of hydrogen-bond acceptors (Lipinski definition) is 3. The zero-order chi connectivity index (χ0) is 17.9. The van der Waals surface area contributed by atoms with Crippen LogP contribution in [-0.4, -0.2) is 29.7 Å². The number of aliphatic imine (C=N–C) groups is 1. The lowest BCUT2D eigenvalue weighted by Crippen LogP contribution is -2.44. The molecule has 4 rings (SSSR count). The Morgan fingerprint density at radius 2 is 1.85 bits per heavy atom. The van der Waals surface area contributed by atoms with Gasteiger partial charge in [-0.1, -0.05) is 43.3 Å². The number of nitrogens with zero attached hydrogens (tertiary/aromatic N) is 3. The molecular formula is C23H29N3. The van der Waals surface area contributed by atoms with E-state index in [1.165, 1.54) is 38.8 Å². The summed E-state index contributed by atoms with van der Waals surface area (Å²) in [4.78, 5) is 6.98. The quantitative estimate of drug-likeness (QED) is 0.601. The Morgan fingerprint density at radius 3 is 2.46 bits per heavy atom.